The SMILES string of the molecule is COc1ccc(CNC(=O)NCCC(C)C(=O)O)cn1. The van der Waals surface area contributed by atoms with Crippen LogP contribution >= 0.6 is 0 Å². The van der Waals surface area contributed by atoms with E-state index in [4.69, 9.17) is 9.84 Å². The molecule has 0 spiro atoms. The van der Waals surface area contributed by atoms with E-state index < -0.39 is 11.9 Å². The number of carbonyl (C=O) groups excluding carboxylic acids is 1. The average Bonchev–Trinajstić information content (AvgIpc) is 2.45. The Morgan fingerprint density at radius 1 is 1.40 bits per heavy atom. The number of rotatable bonds is 7. The van der Waals surface area contributed by atoms with Gasteiger partial charge in [-0.2, -0.15) is 0 Å². The quantitative estimate of drug-likeness (QED) is 0.692. The summed E-state index contributed by atoms with van der Waals surface area (Å²) in [5.41, 5.74) is 0.847. The van der Waals surface area contributed by atoms with Crippen molar-refractivity contribution in [3.05, 3.63) is 23.9 Å². The minimum atomic E-state index is -0.864. The molecule has 0 bridgehead atoms. The molecule has 1 aromatic rings. The number of carbonyl (C=O) groups is 2. The van der Waals surface area contributed by atoms with Gasteiger partial charge in [-0.05, 0) is 12.0 Å². The van der Waals surface area contributed by atoms with Gasteiger partial charge in [0.15, 0.2) is 0 Å². The fourth-order valence-corrected chi connectivity index (χ4v) is 1.41. The number of hydrogen-bond acceptors (Lipinski definition) is 4. The van der Waals surface area contributed by atoms with Gasteiger partial charge in [-0.1, -0.05) is 13.0 Å². The monoisotopic (exact) mass is 281 g/mol. The number of carboxylic acids is 1. The van der Waals surface area contributed by atoms with Gasteiger partial charge in [-0.15, -0.1) is 0 Å². The van der Waals surface area contributed by atoms with Crippen LogP contribution in [-0.2, 0) is 11.3 Å². The fraction of sp³-hybridized carbons (Fsp3) is 0.462. The van der Waals surface area contributed by atoms with E-state index in [9.17, 15) is 9.59 Å². The summed E-state index contributed by atoms with van der Waals surface area (Å²) in [5, 5.41) is 14.0. The Bertz CT molecular complexity index is 447. The minimum Gasteiger partial charge on any atom is -0.481 e. The van der Waals surface area contributed by atoms with Gasteiger partial charge in [0, 0.05) is 25.4 Å². The number of nitrogens with zero attached hydrogens (tertiary/aromatic N) is 1. The van der Waals surface area contributed by atoms with E-state index in [0.29, 0.717) is 25.4 Å². The second kappa shape index (κ2) is 7.98. The largest absolute Gasteiger partial charge is 0.481 e. The Hall–Kier alpha value is -2.31. The normalized spacial score (nSPS) is 11.5. The predicted molar refractivity (Wildman–Crippen MR) is 72.4 cm³/mol. The lowest BCUT2D eigenvalue weighted by atomic mass is 10.1. The smallest absolute Gasteiger partial charge is 0.315 e. The molecule has 0 radical (unpaired) electrons. The van der Waals surface area contributed by atoms with Gasteiger partial charge >= 0.3 is 12.0 Å². The second-order valence-electron chi connectivity index (χ2n) is 4.35. The number of amides is 2. The molecule has 0 saturated carbocycles. The zero-order chi connectivity index (χ0) is 15.0. The molecule has 0 aromatic carbocycles. The summed E-state index contributed by atoms with van der Waals surface area (Å²) in [6.07, 6.45) is 2.01. The van der Waals surface area contributed by atoms with Crippen LogP contribution in [0.4, 0.5) is 4.79 Å². The molecular weight excluding hydrogens is 262 g/mol. The number of aromatic nitrogens is 1. The lowest BCUT2D eigenvalue weighted by molar-refractivity contribution is -0.141. The van der Waals surface area contributed by atoms with Crippen molar-refractivity contribution < 1.29 is 19.4 Å². The van der Waals surface area contributed by atoms with Crippen LogP contribution in [0.1, 0.15) is 18.9 Å². The maximum absolute atomic E-state index is 11.5. The van der Waals surface area contributed by atoms with Crippen molar-refractivity contribution in [3.8, 4) is 5.88 Å². The van der Waals surface area contributed by atoms with Crippen molar-refractivity contribution in [3.63, 3.8) is 0 Å². The van der Waals surface area contributed by atoms with E-state index in [1.807, 2.05) is 0 Å². The molecule has 2 amide bonds. The lowest BCUT2D eigenvalue weighted by Crippen LogP contribution is -2.36. The fourth-order valence-electron chi connectivity index (χ4n) is 1.41. The highest BCUT2D eigenvalue weighted by Crippen LogP contribution is 2.06. The Kier molecular flexibility index (Phi) is 6.28. The predicted octanol–water partition coefficient (Wildman–Crippen LogP) is 1.00. The van der Waals surface area contributed by atoms with Crippen LogP contribution in [0.15, 0.2) is 18.3 Å². The molecule has 0 aliphatic heterocycles. The number of nitrogens with one attached hydrogen (secondary N) is 2. The molecule has 1 unspecified atom stereocenters. The standard InChI is InChI=1S/C13H19N3O4/c1-9(12(17)18)5-6-14-13(19)16-8-10-3-4-11(20-2)15-7-10/h3-4,7,9H,5-6,8H2,1-2H3,(H,17,18)(H2,14,16,19). The van der Waals surface area contributed by atoms with E-state index in [1.165, 1.54) is 7.11 Å². The third-order valence-corrected chi connectivity index (χ3v) is 2.74. The molecule has 1 rings (SSSR count). The van der Waals surface area contributed by atoms with Crippen LogP contribution in [0.3, 0.4) is 0 Å². The van der Waals surface area contributed by atoms with Crippen LogP contribution in [0.25, 0.3) is 0 Å². The molecule has 0 aliphatic rings. The zero-order valence-corrected chi connectivity index (χ0v) is 11.5. The van der Waals surface area contributed by atoms with Gasteiger partial charge in [0.2, 0.25) is 5.88 Å². The van der Waals surface area contributed by atoms with Crippen molar-refractivity contribution >= 4 is 12.0 Å². The minimum absolute atomic E-state index is 0.320. The highest BCUT2D eigenvalue weighted by molar-refractivity contribution is 5.74. The molecular formula is C13H19N3O4. The zero-order valence-electron chi connectivity index (χ0n) is 11.5. The summed E-state index contributed by atoms with van der Waals surface area (Å²) < 4.78 is 4.93. The Morgan fingerprint density at radius 3 is 2.70 bits per heavy atom. The number of carboxylic acid groups (broad SMARTS) is 1. The summed E-state index contributed by atoms with van der Waals surface area (Å²) >= 11 is 0. The van der Waals surface area contributed by atoms with E-state index in [2.05, 4.69) is 15.6 Å². The summed E-state index contributed by atoms with van der Waals surface area (Å²) in [6, 6.07) is 3.18. The molecule has 7 nitrogen and oxygen atoms in total. The number of aliphatic carboxylic acids is 1. The van der Waals surface area contributed by atoms with Gasteiger partial charge < -0.3 is 20.5 Å². The number of methoxy groups -OCH3 is 1. The van der Waals surface area contributed by atoms with Crippen LogP contribution in [-0.4, -0.2) is 35.7 Å². The highest BCUT2D eigenvalue weighted by Gasteiger charge is 2.10. The maximum Gasteiger partial charge on any atom is 0.315 e. The first kappa shape index (κ1) is 15.7. The molecule has 1 atom stereocenters. The van der Waals surface area contributed by atoms with Crippen molar-refractivity contribution in [1.82, 2.24) is 15.6 Å². The van der Waals surface area contributed by atoms with Crippen LogP contribution in [0, 0.1) is 5.92 Å². The Labute approximate surface area is 117 Å². The molecule has 7 heteroatoms. The topological polar surface area (TPSA) is 101 Å². The molecule has 20 heavy (non-hydrogen) atoms. The van der Waals surface area contributed by atoms with Crippen molar-refractivity contribution in [1.29, 1.82) is 0 Å². The molecule has 0 fully saturated rings. The summed E-state index contributed by atoms with van der Waals surface area (Å²) in [5.74, 6) is -0.821. The van der Waals surface area contributed by atoms with E-state index in [-0.39, 0.29) is 6.03 Å². The Morgan fingerprint density at radius 2 is 2.15 bits per heavy atom. The number of hydrogen-bond donors (Lipinski definition) is 3. The van der Waals surface area contributed by atoms with Gasteiger partial charge in [0.1, 0.15) is 0 Å². The van der Waals surface area contributed by atoms with Crippen LogP contribution in [0.5, 0.6) is 5.88 Å². The van der Waals surface area contributed by atoms with Crippen molar-refractivity contribution in [2.24, 2.45) is 5.92 Å². The van der Waals surface area contributed by atoms with Crippen molar-refractivity contribution in [2.45, 2.75) is 19.9 Å². The van der Waals surface area contributed by atoms with Gasteiger partial charge in [0.25, 0.3) is 0 Å². The van der Waals surface area contributed by atoms with Crippen LogP contribution in [0.2, 0.25) is 0 Å². The first-order valence-corrected chi connectivity index (χ1v) is 6.26. The molecule has 1 heterocycles. The van der Waals surface area contributed by atoms with E-state index >= 15 is 0 Å². The third-order valence-electron chi connectivity index (χ3n) is 2.74. The molecule has 3 N–H and O–H groups in total. The van der Waals surface area contributed by atoms with E-state index in [1.54, 1.807) is 25.3 Å². The summed E-state index contributed by atoms with van der Waals surface area (Å²) in [4.78, 5) is 26.1. The third kappa shape index (κ3) is 5.55. The molecule has 0 aliphatic carbocycles. The summed E-state index contributed by atoms with van der Waals surface area (Å²) in [6.45, 7) is 2.27. The number of ether oxygens (including phenoxy) is 1. The second-order valence-corrected chi connectivity index (χ2v) is 4.35. The average molecular weight is 281 g/mol. The first-order chi connectivity index (χ1) is 9.52. The first-order valence-electron chi connectivity index (χ1n) is 6.26. The Balaban J connectivity index is 2.23. The molecule has 1 aromatic heterocycles. The number of pyridine rings is 1. The molecule has 0 saturated heterocycles. The molecule has 110 valence electrons. The number of urea groups is 1. The lowest BCUT2D eigenvalue weighted by Gasteiger charge is -2.09. The van der Waals surface area contributed by atoms with E-state index in [0.717, 1.165) is 5.56 Å². The summed E-state index contributed by atoms with van der Waals surface area (Å²) in [7, 11) is 1.53. The highest BCUT2D eigenvalue weighted by atomic mass is 16.5. The maximum atomic E-state index is 11.5. The van der Waals surface area contributed by atoms with Gasteiger partial charge in [0.05, 0.1) is 13.0 Å². The van der Waals surface area contributed by atoms with Crippen molar-refractivity contribution in [2.75, 3.05) is 13.7 Å². The van der Waals surface area contributed by atoms with Gasteiger partial charge in [-0.25, -0.2) is 9.78 Å². The van der Waals surface area contributed by atoms with Crippen LogP contribution < -0.4 is 15.4 Å². The van der Waals surface area contributed by atoms with Gasteiger partial charge in [-0.3, -0.25) is 4.79 Å².